The number of rotatable bonds is 5. The van der Waals surface area contributed by atoms with Gasteiger partial charge in [-0.25, -0.2) is 0 Å². The number of β-amino-alcohol motifs (C(OH)–C–C–N with tert-alkyl or cyclic N) is 1. The number of aliphatic hydroxyl groups excluding tert-OH is 1. The van der Waals surface area contributed by atoms with Crippen molar-refractivity contribution < 1.29 is 23.0 Å². The van der Waals surface area contributed by atoms with Gasteiger partial charge in [0, 0.05) is 13.1 Å². The predicted molar refractivity (Wildman–Crippen MR) is 72.8 cm³/mol. The van der Waals surface area contributed by atoms with Gasteiger partial charge in [-0.3, -0.25) is 4.90 Å². The van der Waals surface area contributed by atoms with Gasteiger partial charge in [0.1, 0.15) is 0 Å². The summed E-state index contributed by atoms with van der Waals surface area (Å²) in [5, 5.41) is 9.12. The Morgan fingerprint density at radius 1 is 1.29 bits per heavy atom. The Kier molecular flexibility index (Phi) is 5.61. The molecule has 0 saturated carbocycles. The van der Waals surface area contributed by atoms with Crippen molar-refractivity contribution in [3.05, 3.63) is 35.9 Å². The molecule has 1 fully saturated rings. The monoisotopic (exact) mass is 303 g/mol. The summed E-state index contributed by atoms with van der Waals surface area (Å²) in [5.74, 6) is 0. The molecule has 1 heterocycles. The minimum atomic E-state index is -4.56. The number of halogens is 3. The molecule has 21 heavy (non-hydrogen) atoms. The maximum Gasteiger partial charge on any atom is 0.415 e. The fourth-order valence-corrected chi connectivity index (χ4v) is 2.45. The van der Waals surface area contributed by atoms with E-state index in [1.54, 1.807) is 4.90 Å². The van der Waals surface area contributed by atoms with Crippen LogP contribution in [0.25, 0.3) is 0 Å². The molecule has 2 rings (SSSR count). The molecule has 0 amide bonds. The number of aliphatic hydroxyl groups is 1. The number of hydrogen-bond donors (Lipinski definition) is 1. The highest BCUT2D eigenvalue weighted by Gasteiger charge is 2.39. The second-order valence-electron chi connectivity index (χ2n) is 5.38. The van der Waals surface area contributed by atoms with Gasteiger partial charge in [0.15, 0.2) is 6.10 Å². The first-order valence-electron chi connectivity index (χ1n) is 7.08. The first-order valence-corrected chi connectivity index (χ1v) is 7.08. The van der Waals surface area contributed by atoms with Gasteiger partial charge in [-0.15, -0.1) is 0 Å². The number of nitrogens with zero attached hydrogens (tertiary/aromatic N) is 1. The van der Waals surface area contributed by atoms with Crippen LogP contribution in [0.3, 0.4) is 0 Å². The van der Waals surface area contributed by atoms with E-state index in [1.165, 1.54) is 0 Å². The standard InChI is InChI=1S/C15H20F3NO2/c16-15(17,18)14(20)10-19-8-4-7-13(9-19)21-11-12-5-2-1-3-6-12/h1-3,5-6,13-14,20H,4,7-11H2. The van der Waals surface area contributed by atoms with Crippen LogP contribution < -0.4 is 0 Å². The summed E-state index contributed by atoms with van der Waals surface area (Å²) in [5.41, 5.74) is 1.05. The van der Waals surface area contributed by atoms with E-state index in [0.29, 0.717) is 19.7 Å². The van der Waals surface area contributed by atoms with Crippen molar-refractivity contribution in [2.75, 3.05) is 19.6 Å². The van der Waals surface area contributed by atoms with E-state index in [0.717, 1.165) is 18.4 Å². The number of benzene rings is 1. The molecule has 0 aromatic heterocycles. The smallest absolute Gasteiger partial charge is 0.382 e. The van der Waals surface area contributed by atoms with E-state index < -0.39 is 12.3 Å². The minimum absolute atomic E-state index is 0.0839. The Morgan fingerprint density at radius 2 is 2.00 bits per heavy atom. The maximum absolute atomic E-state index is 12.4. The highest BCUT2D eigenvalue weighted by Crippen LogP contribution is 2.22. The summed E-state index contributed by atoms with van der Waals surface area (Å²) >= 11 is 0. The van der Waals surface area contributed by atoms with Crippen molar-refractivity contribution in [2.45, 2.75) is 37.8 Å². The number of ether oxygens (including phenoxy) is 1. The minimum Gasteiger partial charge on any atom is -0.382 e. The second kappa shape index (κ2) is 7.24. The van der Waals surface area contributed by atoms with Gasteiger partial charge in [-0.1, -0.05) is 30.3 Å². The van der Waals surface area contributed by atoms with Crippen LogP contribution in [0.2, 0.25) is 0 Å². The van der Waals surface area contributed by atoms with Crippen LogP contribution in [0.15, 0.2) is 30.3 Å². The third kappa shape index (κ3) is 5.30. The highest BCUT2D eigenvalue weighted by molar-refractivity contribution is 5.13. The molecule has 0 radical (unpaired) electrons. The molecule has 0 spiro atoms. The topological polar surface area (TPSA) is 32.7 Å². The summed E-state index contributed by atoms with van der Waals surface area (Å²) in [6.07, 6.45) is -5.31. The number of likely N-dealkylation sites (tertiary alicyclic amines) is 1. The van der Waals surface area contributed by atoms with Crippen molar-refractivity contribution in [1.82, 2.24) is 4.90 Å². The van der Waals surface area contributed by atoms with E-state index in [1.807, 2.05) is 30.3 Å². The lowest BCUT2D eigenvalue weighted by atomic mass is 10.1. The molecule has 118 valence electrons. The Morgan fingerprint density at radius 3 is 2.67 bits per heavy atom. The Bertz CT molecular complexity index is 425. The fraction of sp³-hybridized carbons (Fsp3) is 0.600. The Labute approximate surface area is 122 Å². The molecule has 1 aromatic rings. The molecular weight excluding hydrogens is 283 g/mol. The molecule has 1 aliphatic rings. The van der Waals surface area contributed by atoms with Crippen LogP contribution in [-0.2, 0) is 11.3 Å². The zero-order chi connectivity index (χ0) is 15.3. The molecule has 2 unspecified atom stereocenters. The van der Waals surface area contributed by atoms with Crippen LogP contribution in [0.4, 0.5) is 13.2 Å². The molecule has 1 aliphatic heterocycles. The summed E-state index contributed by atoms with van der Waals surface area (Å²) in [6.45, 7) is 1.08. The zero-order valence-electron chi connectivity index (χ0n) is 11.7. The lowest BCUT2D eigenvalue weighted by Crippen LogP contribution is -2.46. The van der Waals surface area contributed by atoms with E-state index in [-0.39, 0.29) is 12.6 Å². The molecule has 1 saturated heterocycles. The lowest BCUT2D eigenvalue weighted by molar-refractivity contribution is -0.209. The van der Waals surface area contributed by atoms with E-state index in [2.05, 4.69) is 0 Å². The average molecular weight is 303 g/mol. The van der Waals surface area contributed by atoms with Crippen molar-refractivity contribution in [3.8, 4) is 0 Å². The molecule has 1 aromatic carbocycles. The fourth-order valence-electron chi connectivity index (χ4n) is 2.45. The van der Waals surface area contributed by atoms with E-state index >= 15 is 0 Å². The van der Waals surface area contributed by atoms with Crippen LogP contribution in [0.1, 0.15) is 18.4 Å². The molecule has 0 bridgehead atoms. The van der Waals surface area contributed by atoms with Crippen molar-refractivity contribution >= 4 is 0 Å². The number of alkyl halides is 3. The molecule has 6 heteroatoms. The van der Waals surface area contributed by atoms with Crippen molar-refractivity contribution in [1.29, 1.82) is 0 Å². The summed E-state index contributed by atoms with van der Waals surface area (Å²) in [6, 6.07) is 9.67. The summed E-state index contributed by atoms with van der Waals surface area (Å²) in [7, 11) is 0. The van der Waals surface area contributed by atoms with Gasteiger partial charge in [0.05, 0.1) is 12.7 Å². The number of hydrogen-bond acceptors (Lipinski definition) is 3. The molecule has 2 atom stereocenters. The second-order valence-corrected chi connectivity index (χ2v) is 5.38. The Balaban J connectivity index is 1.78. The van der Waals surface area contributed by atoms with E-state index in [4.69, 9.17) is 9.84 Å². The van der Waals surface area contributed by atoms with Crippen LogP contribution >= 0.6 is 0 Å². The molecular formula is C15H20F3NO2. The zero-order valence-corrected chi connectivity index (χ0v) is 11.7. The third-order valence-corrected chi connectivity index (χ3v) is 3.60. The first kappa shape index (κ1) is 16.3. The van der Waals surface area contributed by atoms with Gasteiger partial charge in [-0.2, -0.15) is 13.2 Å². The van der Waals surface area contributed by atoms with Gasteiger partial charge < -0.3 is 9.84 Å². The van der Waals surface area contributed by atoms with Crippen molar-refractivity contribution in [3.63, 3.8) is 0 Å². The quantitative estimate of drug-likeness (QED) is 0.907. The van der Waals surface area contributed by atoms with Crippen LogP contribution in [0, 0.1) is 0 Å². The maximum atomic E-state index is 12.4. The van der Waals surface area contributed by atoms with Gasteiger partial charge in [0.2, 0.25) is 0 Å². The lowest BCUT2D eigenvalue weighted by Gasteiger charge is -2.34. The molecule has 3 nitrogen and oxygen atoms in total. The first-order chi connectivity index (χ1) is 9.95. The van der Waals surface area contributed by atoms with Crippen LogP contribution in [0.5, 0.6) is 0 Å². The van der Waals surface area contributed by atoms with Crippen molar-refractivity contribution in [2.24, 2.45) is 0 Å². The third-order valence-electron chi connectivity index (χ3n) is 3.60. The van der Waals surface area contributed by atoms with Crippen LogP contribution in [-0.4, -0.2) is 48.0 Å². The molecule has 0 aliphatic carbocycles. The SMILES string of the molecule is OC(CN1CCCC(OCc2ccccc2)C1)C(F)(F)F. The normalized spacial score (nSPS) is 22.2. The molecule has 1 N–H and O–H groups in total. The highest BCUT2D eigenvalue weighted by atomic mass is 19.4. The number of piperidine rings is 1. The van der Waals surface area contributed by atoms with E-state index in [9.17, 15) is 13.2 Å². The van der Waals surface area contributed by atoms with Gasteiger partial charge >= 0.3 is 6.18 Å². The summed E-state index contributed by atoms with van der Waals surface area (Å²) < 4.78 is 42.9. The van der Waals surface area contributed by atoms with Gasteiger partial charge in [0.25, 0.3) is 0 Å². The van der Waals surface area contributed by atoms with Gasteiger partial charge in [-0.05, 0) is 24.9 Å². The predicted octanol–water partition coefficient (Wildman–Crippen LogP) is 2.59. The summed E-state index contributed by atoms with van der Waals surface area (Å²) in [4.78, 5) is 1.62. The largest absolute Gasteiger partial charge is 0.415 e. The average Bonchev–Trinajstić information content (AvgIpc) is 2.46. The Hall–Kier alpha value is -1.11.